The zero-order chi connectivity index (χ0) is 18.4. The molecule has 1 aromatic rings. The molecule has 1 aliphatic carbocycles. The average Bonchev–Trinajstić information content (AvgIpc) is 2.64. The number of anilines is 1. The Hall–Kier alpha value is -1.09. The van der Waals surface area contributed by atoms with E-state index in [-0.39, 0.29) is 24.0 Å². The summed E-state index contributed by atoms with van der Waals surface area (Å²) < 4.78 is 0. The predicted molar refractivity (Wildman–Crippen MR) is 124 cm³/mol. The van der Waals surface area contributed by atoms with Crippen molar-refractivity contribution in [3.8, 4) is 0 Å². The number of hydrogen-bond acceptors (Lipinski definition) is 4. The molecule has 1 aliphatic heterocycles. The molecular weight excluding hydrogens is 451 g/mol. The van der Waals surface area contributed by atoms with Crippen LogP contribution in [-0.4, -0.2) is 62.7 Å². The fourth-order valence-corrected chi connectivity index (χ4v) is 3.87. The third-order valence-electron chi connectivity index (χ3n) is 6.14. The van der Waals surface area contributed by atoms with Gasteiger partial charge in [0.15, 0.2) is 5.96 Å². The molecule has 0 unspecified atom stereocenters. The van der Waals surface area contributed by atoms with Crippen molar-refractivity contribution in [2.45, 2.75) is 39.2 Å². The molecule has 1 saturated heterocycles. The number of halogens is 1. The maximum Gasteiger partial charge on any atom is 0.191 e. The first-order valence-corrected chi connectivity index (χ1v) is 9.98. The highest BCUT2D eigenvalue weighted by Crippen LogP contribution is 2.42. The van der Waals surface area contributed by atoms with Crippen molar-refractivity contribution in [2.24, 2.45) is 10.4 Å². The van der Waals surface area contributed by atoms with Crippen LogP contribution in [0.25, 0.3) is 0 Å². The Balaban J connectivity index is 0.00000261. The van der Waals surface area contributed by atoms with Crippen LogP contribution in [0.15, 0.2) is 23.3 Å². The fraction of sp³-hybridized carbons (Fsp3) is 0.700. The largest absolute Gasteiger partial charge is 0.356 e. The summed E-state index contributed by atoms with van der Waals surface area (Å²) in [7, 11) is 4.03. The smallest absolute Gasteiger partial charge is 0.191 e. The summed E-state index contributed by atoms with van der Waals surface area (Å²) in [4.78, 5) is 13.8. The molecular formula is C20H35IN6. The second-order valence-corrected chi connectivity index (χ2v) is 7.76. The Morgan fingerprint density at radius 2 is 1.96 bits per heavy atom. The number of nitrogens with zero attached hydrogens (tertiary/aromatic N) is 4. The molecule has 27 heavy (non-hydrogen) atoms. The van der Waals surface area contributed by atoms with Gasteiger partial charge >= 0.3 is 0 Å². The number of hydrogen-bond donors (Lipinski definition) is 2. The van der Waals surface area contributed by atoms with E-state index in [1.165, 1.54) is 31.2 Å². The Bertz CT molecular complexity index is 603. The van der Waals surface area contributed by atoms with Gasteiger partial charge in [0, 0.05) is 58.1 Å². The molecule has 0 aromatic carbocycles. The lowest BCUT2D eigenvalue weighted by atomic mass is 9.67. The molecule has 6 nitrogen and oxygen atoms in total. The van der Waals surface area contributed by atoms with Crippen molar-refractivity contribution < 1.29 is 0 Å². The number of aromatic nitrogens is 1. The predicted octanol–water partition coefficient (Wildman–Crippen LogP) is 2.70. The number of pyridine rings is 1. The summed E-state index contributed by atoms with van der Waals surface area (Å²) in [6.45, 7) is 8.31. The zero-order valence-electron chi connectivity index (χ0n) is 17.0. The van der Waals surface area contributed by atoms with Crippen molar-refractivity contribution in [1.82, 2.24) is 20.5 Å². The second kappa shape index (κ2) is 10.5. The van der Waals surface area contributed by atoms with Crippen LogP contribution in [0, 0.1) is 5.41 Å². The molecule has 152 valence electrons. The van der Waals surface area contributed by atoms with Crippen molar-refractivity contribution in [2.75, 3.05) is 51.7 Å². The first-order chi connectivity index (χ1) is 12.7. The molecule has 0 atom stereocenters. The fourth-order valence-electron chi connectivity index (χ4n) is 3.87. The summed E-state index contributed by atoms with van der Waals surface area (Å²) in [5.41, 5.74) is 1.71. The lowest BCUT2D eigenvalue weighted by Crippen LogP contribution is -2.46. The summed E-state index contributed by atoms with van der Waals surface area (Å²) in [6, 6.07) is 4.19. The van der Waals surface area contributed by atoms with Crippen LogP contribution >= 0.6 is 24.0 Å². The normalized spacial score (nSPS) is 19.8. The third kappa shape index (κ3) is 5.70. The van der Waals surface area contributed by atoms with E-state index in [0.29, 0.717) is 5.41 Å². The van der Waals surface area contributed by atoms with E-state index in [1.54, 1.807) is 0 Å². The molecule has 3 rings (SSSR count). The molecule has 7 heteroatoms. The highest BCUT2D eigenvalue weighted by atomic mass is 127. The summed E-state index contributed by atoms with van der Waals surface area (Å²) in [5.74, 6) is 1.99. The number of aliphatic imine (C=N–C) groups is 1. The van der Waals surface area contributed by atoms with Crippen LogP contribution in [-0.2, 0) is 6.54 Å². The van der Waals surface area contributed by atoms with E-state index in [9.17, 15) is 0 Å². The summed E-state index contributed by atoms with van der Waals surface area (Å²) in [6.07, 6.45) is 7.18. The van der Waals surface area contributed by atoms with Gasteiger partial charge in [0.05, 0.1) is 0 Å². The van der Waals surface area contributed by atoms with Gasteiger partial charge in [-0.1, -0.05) is 19.4 Å². The van der Waals surface area contributed by atoms with Gasteiger partial charge in [-0.05, 0) is 37.8 Å². The van der Waals surface area contributed by atoms with Crippen LogP contribution in [0.4, 0.5) is 5.82 Å². The third-order valence-corrected chi connectivity index (χ3v) is 6.14. The Morgan fingerprint density at radius 1 is 1.22 bits per heavy atom. The molecule has 0 amide bonds. The molecule has 0 radical (unpaired) electrons. The summed E-state index contributed by atoms with van der Waals surface area (Å²) in [5, 5.41) is 7.02. The first kappa shape index (κ1) is 22.2. The van der Waals surface area contributed by atoms with Crippen LogP contribution in [0.1, 0.15) is 38.2 Å². The molecule has 1 aromatic heterocycles. The highest BCUT2D eigenvalue weighted by molar-refractivity contribution is 14.0. The van der Waals surface area contributed by atoms with Crippen molar-refractivity contribution >= 4 is 35.8 Å². The quantitative estimate of drug-likeness (QED) is 0.368. The lowest BCUT2D eigenvalue weighted by molar-refractivity contribution is 0.131. The zero-order valence-corrected chi connectivity index (χ0v) is 19.3. The van der Waals surface area contributed by atoms with Crippen LogP contribution < -0.4 is 15.5 Å². The molecule has 2 N–H and O–H groups in total. The van der Waals surface area contributed by atoms with E-state index < -0.39 is 0 Å². The monoisotopic (exact) mass is 486 g/mol. The standard InChI is InChI=1S/C20H34N6.HI/c1-4-20(8-6-9-20)16-24-19(21-2)23-15-17-7-5-10-22-18(17)26-13-11-25(3)12-14-26;/h5,7,10H,4,6,8-9,11-16H2,1-3H3,(H2,21,23,24);1H. The minimum absolute atomic E-state index is 0. The van der Waals surface area contributed by atoms with Gasteiger partial charge in [0.2, 0.25) is 0 Å². The highest BCUT2D eigenvalue weighted by Gasteiger charge is 2.34. The van der Waals surface area contributed by atoms with E-state index >= 15 is 0 Å². The summed E-state index contributed by atoms with van der Waals surface area (Å²) >= 11 is 0. The Labute approximate surface area is 181 Å². The number of guanidine groups is 1. The minimum atomic E-state index is 0. The lowest BCUT2D eigenvalue weighted by Gasteiger charge is -2.41. The number of rotatable bonds is 6. The van der Waals surface area contributed by atoms with E-state index in [0.717, 1.165) is 51.0 Å². The van der Waals surface area contributed by atoms with Crippen LogP contribution in [0.2, 0.25) is 0 Å². The SMILES string of the molecule is CCC1(CNC(=NC)NCc2cccnc2N2CCN(C)CC2)CCC1.I. The van der Waals surface area contributed by atoms with Crippen molar-refractivity contribution in [3.05, 3.63) is 23.9 Å². The molecule has 0 spiro atoms. The van der Waals surface area contributed by atoms with Gasteiger partial charge in [0.25, 0.3) is 0 Å². The Morgan fingerprint density at radius 3 is 2.56 bits per heavy atom. The van der Waals surface area contributed by atoms with Gasteiger partial charge in [-0.15, -0.1) is 24.0 Å². The second-order valence-electron chi connectivity index (χ2n) is 7.76. The molecule has 1 saturated carbocycles. The van der Waals surface area contributed by atoms with Crippen molar-refractivity contribution in [1.29, 1.82) is 0 Å². The Kier molecular flexibility index (Phi) is 8.60. The van der Waals surface area contributed by atoms with Gasteiger partial charge < -0.3 is 20.4 Å². The number of likely N-dealkylation sites (N-methyl/N-ethyl adjacent to an activating group) is 1. The first-order valence-electron chi connectivity index (χ1n) is 9.98. The van der Waals surface area contributed by atoms with Gasteiger partial charge in [0.1, 0.15) is 5.82 Å². The maximum atomic E-state index is 4.66. The van der Waals surface area contributed by atoms with Crippen LogP contribution in [0.5, 0.6) is 0 Å². The van der Waals surface area contributed by atoms with Gasteiger partial charge in [-0.25, -0.2) is 4.98 Å². The number of piperazine rings is 1. The van der Waals surface area contributed by atoms with Crippen LogP contribution in [0.3, 0.4) is 0 Å². The topological polar surface area (TPSA) is 55.8 Å². The van der Waals surface area contributed by atoms with E-state index in [2.05, 4.69) is 50.4 Å². The van der Waals surface area contributed by atoms with Crippen molar-refractivity contribution in [3.63, 3.8) is 0 Å². The number of nitrogens with one attached hydrogen (secondary N) is 2. The molecule has 2 fully saturated rings. The molecule has 2 aliphatic rings. The average molecular weight is 486 g/mol. The minimum Gasteiger partial charge on any atom is -0.356 e. The van der Waals surface area contributed by atoms with E-state index in [1.807, 2.05) is 19.3 Å². The maximum absolute atomic E-state index is 4.66. The molecule has 2 heterocycles. The molecule has 0 bridgehead atoms. The van der Waals surface area contributed by atoms with E-state index in [4.69, 9.17) is 0 Å². The van der Waals surface area contributed by atoms with Gasteiger partial charge in [-0.3, -0.25) is 4.99 Å². The van der Waals surface area contributed by atoms with Gasteiger partial charge in [-0.2, -0.15) is 0 Å².